The van der Waals surface area contributed by atoms with Gasteiger partial charge in [0.05, 0.1) is 19.1 Å². The predicted octanol–water partition coefficient (Wildman–Crippen LogP) is 1.81. The van der Waals surface area contributed by atoms with Crippen LogP contribution in [0, 0.1) is 0 Å². The maximum atomic E-state index is 11.6. The summed E-state index contributed by atoms with van der Waals surface area (Å²) in [6.45, 7) is 3.80. The first-order valence-electron chi connectivity index (χ1n) is 3.73. The molecule has 74 valence electrons. The van der Waals surface area contributed by atoms with E-state index in [1.54, 1.807) is 13.8 Å². The Morgan fingerprint density at radius 2 is 1.83 bits per heavy atom. The molecular formula is C6H14ClO4P. The Hall–Kier alpha value is 0.400. The molecule has 1 N–H and O–H groups in total. The van der Waals surface area contributed by atoms with E-state index in [2.05, 4.69) is 0 Å². The highest BCUT2D eigenvalue weighted by molar-refractivity contribution is 7.54. The van der Waals surface area contributed by atoms with Gasteiger partial charge in [-0.05, 0) is 13.8 Å². The third-order valence-electron chi connectivity index (χ3n) is 1.12. The van der Waals surface area contributed by atoms with Crippen LogP contribution in [0.1, 0.15) is 13.8 Å². The number of hydrogen-bond acceptors (Lipinski definition) is 4. The van der Waals surface area contributed by atoms with Gasteiger partial charge in [-0.2, -0.15) is 0 Å². The number of rotatable bonds is 6. The van der Waals surface area contributed by atoms with Gasteiger partial charge in [-0.3, -0.25) is 4.57 Å². The van der Waals surface area contributed by atoms with Gasteiger partial charge in [-0.1, -0.05) is 0 Å². The zero-order valence-electron chi connectivity index (χ0n) is 7.20. The lowest BCUT2D eigenvalue weighted by Crippen LogP contribution is -2.14. The zero-order chi connectivity index (χ0) is 9.61. The molecule has 0 spiro atoms. The van der Waals surface area contributed by atoms with Crippen LogP contribution >= 0.6 is 19.2 Å². The van der Waals surface area contributed by atoms with E-state index >= 15 is 0 Å². The normalized spacial score (nSPS) is 14.7. The highest BCUT2D eigenvalue weighted by Gasteiger charge is 2.32. The molecule has 0 amide bonds. The molecule has 0 heterocycles. The van der Waals surface area contributed by atoms with Crippen molar-refractivity contribution in [2.24, 2.45) is 0 Å². The molecule has 0 aliphatic carbocycles. The molecule has 0 aromatic rings. The van der Waals surface area contributed by atoms with Crippen LogP contribution < -0.4 is 0 Å². The third-order valence-corrected chi connectivity index (χ3v) is 3.78. The molecule has 0 saturated carbocycles. The number of hydrogen-bond donors (Lipinski definition) is 1. The van der Waals surface area contributed by atoms with Crippen molar-refractivity contribution < 1.29 is 18.7 Å². The Balaban J connectivity index is 4.27. The van der Waals surface area contributed by atoms with Gasteiger partial charge in [-0.25, -0.2) is 0 Å². The second-order valence-corrected chi connectivity index (χ2v) is 4.51. The number of aliphatic hydroxyl groups is 1. The van der Waals surface area contributed by atoms with Gasteiger partial charge in [0.25, 0.3) is 0 Å². The van der Waals surface area contributed by atoms with E-state index in [4.69, 9.17) is 20.6 Å². The molecule has 6 heteroatoms. The summed E-state index contributed by atoms with van der Waals surface area (Å²) in [6.07, 6.45) is 0. The third kappa shape index (κ3) is 3.42. The van der Waals surface area contributed by atoms with Crippen molar-refractivity contribution in [2.45, 2.75) is 19.7 Å². The lowest BCUT2D eigenvalue weighted by Gasteiger charge is -2.20. The van der Waals surface area contributed by atoms with Gasteiger partial charge in [0.1, 0.15) is 0 Å². The number of alkyl halides is 1. The minimum atomic E-state index is -3.39. The van der Waals surface area contributed by atoms with E-state index in [1.165, 1.54) is 0 Å². The van der Waals surface area contributed by atoms with Crippen molar-refractivity contribution in [1.82, 2.24) is 0 Å². The van der Waals surface area contributed by atoms with E-state index < -0.39 is 13.4 Å². The summed E-state index contributed by atoms with van der Waals surface area (Å²) in [5.41, 5.74) is 0. The van der Waals surface area contributed by atoms with E-state index in [0.717, 1.165) is 0 Å². The summed E-state index contributed by atoms with van der Waals surface area (Å²) in [7, 11) is -3.39. The minimum Gasteiger partial charge on any atom is -0.379 e. The van der Waals surface area contributed by atoms with Crippen molar-refractivity contribution in [3.05, 3.63) is 0 Å². The Labute approximate surface area is 77.4 Å². The largest absolute Gasteiger partial charge is 0.379 e. The Morgan fingerprint density at radius 3 is 2.08 bits per heavy atom. The van der Waals surface area contributed by atoms with Crippen LogP contribution in [0.5, 0.6) is 0 Å². The first-order valence-corrected chi connectivity index (χ1v) is 5.88. The summed E-state index contributed by atoms with van der Waals surface area (Å²) >= 11 is 5.33. The predicted molar refractivity (Wildman–Crippen MR) is 47.6 cm³/mol. The average molecular weight is 217 g/mol. The molecule has 4 nitrogen and oxygen atoms in total. The van der Waals surface area contributed by atoms with E-state index in [-0.39, 0.29) is 19.1 Å². The van der Waals surface area contributed by atoms with Gasteiger partial charge in [0, 0.05) is 0 Å². The molecule has 0 radical (unpaired) electrons. The fourth-order valence-corrected chi connectivity index (χ4v) is 2.47. The average Bonchev–Trinajstić information content (AvgIpc) is 2.04. The molecule has 0 bridgehead atoms. The summed E-state index contributed by atoms with van der Waals surface area (Å²) in [5, 5.41) is 9.19. The Kier molecular flexibility index (Phi) is 6.14. The highest BCUT2D eigenvalue weighted by atomic mass is 35.5. The van der Waals surface area contributed by atoms with Gasteiger partial charge in [-0.15, -0.1) is 11.6 Å². The quantitative estimate of drug-likeness (QED) is 0.544. The molecule has 0 aliphatic rings. The van der Waals surface area contributed by atoms with E-state index in [9.17, 15) is 9.67 Å². The van der Waals surface area contributed by atoms with E-state index in [1.807, 2.05) is 0 Å². The molecule has 0 rings (SSSR count). The zero-order valence-corrected chi connectivity index (χ0v) is 8.85. The number of halogens is 1. The molecule has 0 saturated heterocycles. The monoisotopic (exact) mass is 216 g/mol. The maximum Gasteiger partial charge on any atom is 0.360 e. The summed E-state index contributed by atoms with van der Waals surface area (Å²) in [5.74, 6) is -1.39. The second kappa shape index (κ2) is 5.95. The standard InChI is InChI=1S/C6H14ClO4P/c1-3-10-12(9,11-4-2)6(8)5-7/h6,8H,3-5H2,1-2H3. The van der Waals surface area contributed by atoms with Gasteiger partial charge in [0.2, 0.25) is 0 Å². The SMILES string of the molecule is CCOP(=O)(OCC)C(O)CCl. The molecule has 0 aliphatic heterocycles. The smallest absolute Gasteiger partial charge is 0.360 e. The lowest BCUT2D eigenvalue weighted by molar-refractivity contribution is 0.159. The minimum absolute atomic E-state index is 0.155. The topological polar surface area (TPSA) is 55.8 Å². The van der Waals surface area contributed by atoms with Gasteiger partial charge < -0.3 is 14.2 Å². The molecule has 0 fully saturated rings. The van der Waals surface area contributed by atoms with Gasteiger partial charge >= 0.3 is 7.60 Å². The Bertz CT molecular complexity index is 154. The summed E-state index contributed by atoms with van der Waals surface area (Å²) in [4.78, 5) is 0. The van der Waals surface area contributed by atoms with Crippen LogP contribution in [-0.4, -0.2) is 30.0 Å². The van der Waals surface area contributed by atoms with Crippen molar-refractivity contribution in [3.63, 3.8) is 0 Å². The van der Waals surface area contributed by atoms with Crippen molar-refractivity contribution in [1.29, 1.82) is 0 Å². The molecular weight excluding hydrogens is 202 g/mol. The van der Waals surface area contributed by atoms with Gasteiger partial charge in [0.15, 0.2) is 5.85 Å². The van der Waals surface area contributed by atoms with Crippen molar-refractivity contribution in [3.8, 4) is 0 Å². The lowest BCUT2D eigenvalue weighted by atomic mass is 10.9. The van der Waals surface area contributed by atoms with Crippen LogP contribution in [0.15, 0.2) is 0 Å². The Morgan fingerprint density at radius 1 is 1.42 bits per heavy atom. The van der Waals surface area contributed by atoms with Crippen molar-refractivity contribution in [2.75, 3.05) is 19.1 Å². The molecule has 0 aromatic heterocycles. The van der Waals surface area contributed by atoms with Crippen LogP contribution in [0.2, 0.25) is 0 Å². The number of aliphatic hydroxyl groups excluding tert-OH is 1. The molecule has 1 unspecified atom stereocenters. The first kappa shape index (κ1) is 12.4. The van der Waals surface area contributed by atoms with Crippen LogP contribution in [-0.2, 0) is 13.6 Å². The molecule has 1 atom stereocenters. The summed E-state index contributed by atoms with van der Waals surface area (Å²) < 4.78 is 21.2. The highest BCUT2D eigenvalue weighted by Crippen LogP contribution is 2.52. The fraction of sp³-hybridized carbons (Fsp3) is 1.00. The van der Waals surface area contributed by atoms with Crippen LogP contribution in [0.25, 0.3) is 0 Å². The first-order chi connectivity index (χ1) is 5.60. The van der Waals surface area contributed by atoms with Crippen LogP contribution in [0.4, 0.5) is 0 Å². The fourth-order valence-electron chi connectivity index (χ4n) is 0.654. The maximum absolute atomic E-state index is 11.6. The van der Waals surface area contributed by atoms with Crippen molar-refractivity contribution >= 4 is 19.2 Å². The summed E-state index contributed by atoms with van der Waals surface area (Å²) in [6, 6.07) is 0. The molecule has 12 heavy (non-hydrogen) atoms. The van der Waals surface area contributed by atoms with Crippen LogP contribution in [0.3, 0.4) is 0 Å². The molecule has 0 aromatic carbocycles. The van der Waals surface area contributed by atoms with E-state index in [0.29, 0.717) is 0 Å². The second-order valence-electron chi connectivity index (χ2n) is 2.01.